The molecule has 3 rings (SSSR count). The number of nitrogens with one attached hydrogen (secondary N) is 2. The molecule has 7 nitrogen and oxygen atoms in total. The van der Waals surface area contributed by atoms with E-state index in [2.05, 4.69) is 10.3 Å². The highest BCUT2D eigenvalue weighted by Gasteiger charge is 2.41. The van der Waals surface area contributed by atoms with Gasteiger partial charge in [-0.3, -0.25) is 9.59 Å². The number of carbonyl (C=O) groups excluding carboxylic acids is 2. The van der Waals surface area contributed by atoms with Gasteiger partial charge in [-0.2, -0.15) is 0 Å². The molecular weight excluding hydrogens is 348 g/mol. The molecule has 1 aromatic heterocycles. The number of aromatic amines is 1. The van der Waals surface area contributed by atoms with Gasteiger partial charge in [0.1, 0.15) is 16.9 Å². The Hall–Kier alpha value is -2.83. The summed E-state index contributed by atoms with van der Waals surface area (Å²) in [6.07, 6.45) is 4.68. The van der Waals surface area contributed by atoms with Crippen molar-refractivity contribution < 1.29 is 19.1 Å². The quantitative estimate of drug-likeness (QED) is 0.635. The van der Waals surface area contributed by atoms with Crippen LogP contribution in [-0.4, -0.2) is 36.6 Å². The number of aromatic nitrogens is 1. The van der Waals surface area contributed by atoms with Gasteiger partial charge in [0.15, 0.2) is 0 Å². The average molecular weight is 372 g/mol. The van der Waals surface area contributed by atoms with Crippen LogP contribution in [0.25, 0.3) is 10.9 Å². The number of fused-ring (bicyclic) bond motifs is 1. The van der Waals surface area contributed by atoms with Gasteiger partial charge in [-0.05, 0) is 36.4 Å². The van der Waals surface area contributed by atoms with Gasteiger partial charge in [-0.15, -0.1) is 0 Å². The van der Waals surface area contributed by atoms with E-state index in [0.29, 0.717) is 29.5 Å². The van der Waals surface area contributed by atoms with Crippen LogP contribution < -0.4 is 15.6 Å². The van der Waals surface area contributed by atoms with Gasteiger partial charge in [0.2, 0.25) is 0 Å². The maximum atomic E-state index is 12.9. The molecule has 0 bridgehead atoms. The third kappa shape index (κ3) is 3.82. The van der Waals surface area contributed by atoms with E-state index in [-0.39, 0.29) is 5.56 Å². The maximum Gasteiger partial charge on any atom is 0.331 e. The number of esters is 1. The maximum absolute atomic E-state index is 12.9. The van der Waals surface area contributed by atoms with Crippen molar-refractivity contribution in [2.75, 3.05) is 14.2 Å². The Labute approximate surface area is 157 Å². The van der Waals surface area contributed by atoms with E-state index in [9.17, 15) is 14.4 Å². The molecule has 1 amide bonds. The molecule has 1 fully saturated rings. The molecular formula is C20H24N2O5. The molecule has 144 valence electrons. The molecule has 0 atom stereocenters. The summed E-state index contributed by atoms with van der Waals surface area (Å²) in [5.41, 5.74) is -1.04. The van der Waals surface area contributed by atoms with Gasteiger partial charge in [0.25, 0.3) is 11.5 Å². The third-order valence-corrected chi connectivity index (χ3v) is 5.18. The number of carbonyl (C=O) groups is 2. The second kappa shape index (κ2) is 7.82. The van der Waals surface area contributed by atoms with Crippen LogP contribution in [0.2, 0.25) is 0 Å². The summed E-state index contributed by atoms with van der Waals surface area (Å²) in [4.78, 5) is 40.5. The summed E-state index contributed by atoms with van der Waals surface area (Å²) in [6, 6.07) is 6.75. The fourth-order valence-electron chi connectivity index (χ4n) is 3.67. The van der Waals surface area contributed by atoms with Crippen LogP contribution in [0.1, 0.15) is 48.9 Å². The number of amides is 1. The highest BCUT2D eigenvalue weighted by molar-refractivity contribution is 6.00. The Morgan fingerprint density at radius 1 is 1.07 bits per heavy atom. The van der Waals surface area contributed by atoms with E-state index >= 15 is 0 Å². The van der Waals surface area contributed by atoms with Gasteiger partial charge in [0.05, 0.1) is 19.7 Å². The summed E-state index contributed by atoms with van der Waals surface area (Å²) in [7, 11) is 2.86. The Balaban J connectivity index is 1.95. The van der Waals surface area contributed by atoms with Crippen LogP contribution in [0.3, 0.4) is 0 Å². The molecule has 27 heavy (non-hydrogen) atoms. The molecule has 0 spiro atoms. The van der Waals surface area contributed by atoms with E-state index in [1.54, 1.807) is 25.3 Å². The van der Waals surface area contributed by atoms with Crippen molar-refractivity contribution in [2.24, 2.45) is 0 Å². The fraction of sp³-hybridized carbons (Fsp3) is 0.450. The Bertz CT molecular complexity index is 910. The van der Waals surface area contributed by atoms with Crippen molar-refractivity contribution in [3.63, 3.8) is 0 Å². The largest absolute Gasteiger partial charge is 0.497 e. The van der Waals surface area contributed by atoms with E-state index in [4.69, 9.17) is 9.47 Å². The predicted molar refractivity (Wildman–Crippen MR) is 101 cm³/mol. The van der Waals surface area contributed by atoms with Crippen molar-refractivity contribution in [3.05, 3.63) is 40.2 Å². The first-order valence-electron chi connectivity index (χ1n) is 9.11. The summed E-state index contributed by atoms with van der Waals surface area (Å²) in [5.74, 6) is -0.417. The number of H-pyrrole nitrogens is 1. The number of methoxy groups -OCH3 is 2. The first-order chi connectivity index (χ1) is 13.0. The molecule has 2 aromatic rings. The van der Waals surface area contributed by atoms with Crippen LogP contribution in [0, 0.1) is 0 Å². The Morgan fingerprint density at radius 3 is 2.41 bits per heavy atom. The molecule has 0 unspecified atom stereocenters. The zero-order valence-electron chi connectivity index (χ0n) is 15.6. The number of pyridine rings is 1. The number of benzene rings is 1. The van der Waals surface area contributed by atoms with Gasteiger partial charge in [0, 0.05) is 6.07 Å². The highest BCUT2D eigenvalue weighted by atomic mass is 16.5. The molecule has 1 aliphatic carbocycles. The normalized spacial score (nSPS) is 16.4. The summed E-state index contributed by atoms with van der Waals surface area (Å²) < 4.78 is 10.1. The van der Waals surface area contributed by atoms with Crippen LogP contribution in [-0.2, 0) is 9.53 Å². The van der Waals surface area contributed by atoms with Crippen molar-refractivity contribution >= 4 is 22.8 Å². The molecule has 1 heterocycles. The molecule has 1 saturated carbocycles. The fourth-order valence-corrected chi connectivity index (χ4v) is 3.67. The van der Waals surface area contributed by atoms with Crippen molar-refractivity contribution in [3.8, 4) is 5.75 Å². The molecule has 0 aliphatic heterocycles. The minimum atomic E-state index is -1.08. The summed E-state index contributed by atoms with van der Waals surface area (Å²) in [6.45, 7) is 0. The number of hydrogen-bond acceptors (Lipinski definition) is 5. The molecule has 1 aromatic carbocycles. The van der Waals surface area contributed by atoms with Crippen molar-refractivity contribution in [1.82, 2.24) is 10.3 Å². The van der Waals surface area contributed by atoms with E-state index in [0.717, 1.165) is 25.7 Å². The first kappa shape index (κ1) is 18.9. The van der Waals surface area contributed by atoms with Crippen LogP contribution >= 0.6 is 0 Å². The van der Waals surface area contributed by atoms with Crippen molar-refractivity contribution in [1.29, 1.82) is 0 Å². The zero-order chi connectivity index (χ0) is 19.4. The molecule has 1 aliphatic rings. The zero-order valence-corrected chi connectivity index (χ0v) is 15.6. The minimum absolute atomic E-state index is 0.0276. The lowest BCUT2D eigenvalue weighted by atomic mass is 9.89. The summed E-state index contributed by atoms with van der Waals surface area (Å²) >= 11 is 0. The summed E-state index contributed by atoms with van der Waals surface area (Å²) in [5, 5.41) is 3.51. The Morgan fingerprint density at radius 2 is 1.78 bits per heavy atom. The molecule has 0 saturated heterocycles. The number of rotatable bonds is 4. The Kier molecular flexibility index (Phi) is 5.48. The number of hydrogen-bond donors (Lipinski definition) is 2. The van der Waals surface area contributed by atoms with Gasteiger partial charge in [-0.1, -0.05) is 25.7 Å². The predicted octanol–water partition coefficient (Wildman–Crippen LogP) is 2.53. The SMILES string of the molecule is COC(=O)C1(NC(=O)c2cc3ccc(OC)cc3[nH]c2=O)CCCCCC1. The lowest BCUT2D eigenvalue weighted by Crippen LogP contribution is -2.55. The lowest BCUT2D eigenvalue weighted by Gasteiger charge is -2.30. The molecule has 2 N–H and O–H groups in total. The first-order valence-corrected chi connectivity index (χ1v) is 9.11. The van der Waals surface area contributed by atoms with Gasteiger partial charge >= 0.3 is 5.97 Å². The topological polar surface area (TPSA) is 97.5 Å². The van der Waals surface area contributed by atoms with Crippen molar-refractivity contribution in [2.45, 2.75) is 44.1 Å². The van der Waals surface area contributed by atoms with Gasteiger partial charge in [-0.25, -0.2) is 4.79 Å². The standard InChI is InChI=1S/C20H24N2O5/c1-26-14-8-7-13-11-15(17(23)21-16(13)12-14)18(24)22-20(19(25)27-2)9-5-3-4-6-10-20/h7-8,11-12H,3-6,9-10H2,1-2H3,(H,21,23)(H,22,24). The van der Waals surface area contributed by atoms with Crippen LogP contribution in [0.5, 0.6) is 5.75 Å². The third-order valence-electron chi connectivity index (χ3n) is 5.18. The second-order valence-corrected chi connectivity index (χ2v) is 6.91. The molecule has 0 radical (unpaired) electrons. The monoisotopic (exact) mass is 372 g/mol. The van der Waals surface area contributed by atoms with E-state index in [1.165, 1.54) is 13.2 Å². The number of ether oxygens (including phenoxy) is 2. The van der Waals surface area contributed by atoms with Crippen LogP contribution in [0.4, 0.5) is 0 Å². The molecule has 7 heteroatoms. The minimum Gasteiger partial charge on any atom is -0.497 e. The second-order valence-electron chi connectivity index (χ2n) is 6.91. The van der Waals surface area contributed by atoms with Gasteiger partial charge < -0.3 is 19.8 Å². The smallest absolute Gasteiger partial charge is 0.331 e. The average Bonchev–Trinajstić information content (AvgIpc) is 2.92. The van der Waals surface area contributed by atoms with E-state index in [1.807, 2.05) is 0 Å². The van der Waals surface area contributed by atoms with Crippen LogP contribution in [0.15, 0.2) is 29.1 Å². The van der Waals surface area contributed by atoms with E-state index < -0.39 is 23.0 Å². The highest BCUT2D eigenvalue weighted by Crippen LogP contribution is 2.29. The lowest BCUT2D eigenvalue weighted by molar-refractivity contribution is -0.148.